The summed E-state index contributed by atoms with van der Waals surface area (Å²) in [6.45, 7) is 3.35. The van der Waals surface area contributed by atoms with Crippen molar-refractivity contribution in [3.63, 3.8) is 0 Å². The van der Waals surface area contributed by atoms with Gasteiger partial charge in [0, 0.05) is 35.9 Å². The molecular formula is C32H36N6O2. The van der Waals surface area contributed by atoms with Crippen LogP contribution in [0.4, 0.5) is 17.2 Å². The van der Waals surface area contributed by atoms with Gasteiger partial charge in [0.05, 0.1) is 19.5 Å². The van der Waals surface area contributed by atoms with E-state index >= 15 is 0 Å². The van der Waals surface area contributed by atoms with E-state index in [1.807, 2.05) is 30.6 Å². The van der Waals surface area contributed by atoms with Gasteiger partial charge in [0.1, 0.15) is 5.75 Å². The van der Waals surface area contributed by atoms with E-state index in [1.54, 1.807) is 0 Å². The first kappa shape index (κ1) is 26.1. The first-order valence-electron chi connectivity index (χ1n) is 13.9. The predicted octanol–water partition coefficient (Wildman–Crippen LogP) is 7.49. The fraction of sp³-hybridized carbons (Fsp3) is 0.344. The predicted molar refractivity (Wildman–Crippen MR) is 161 cm³/mol. The van der Waals surface area contributed by atoms with Crippen LogP contribution in [0.5, 0.6) is 11.8 Å². The molecule has 2 fully saturated rings. The summed E-state index contributed by atoms with van der Waals surface area (Å²) >= 11 is 0. The maximum Gasteiger partial charge on any atom is 0.326 e. The molecule has 1 aliphatic heterocycles. The maximum atomic E-state index is 6.37. The third kappa shape index (κ3) is 5.19. The molecule has 1 saturated carbocycles. The number of hydrogen-bond donors (Lipinski definition) is 1. The third-order valence-electron chi connectivity index (χ3n) is 7.83. The number of benzene rings is 3. The highest BCUT2D eigenvalue weighted by Gasteiger charge is 2.22. The number of fused-ring (bicyclic) bond motifs is 2. The number of aromatic nitrogens is 4. The van der Waals surface area contributed by atoms with Crippen LogP contribution in [-0.2, 0) is 4.74 Å². The summed E-state index contributed by atoms with van der Waals surface area (Å²) in [5, 5.41) is 5.65. The monoisotopic (exact) mass is 536 g/mol. The highest BCUT2D eigenvalue weighted by molar-refractivity contribution is 5.89. The van der Waals surface area contributed by atoms with Crippen LogP contribution in [0.15, 0.2) is 73.1 Å². The number of ether oxygens (including phenoxy) is 2. The lowest BCUT2D eigenvalue weighted by atomic mass is 9.95. The van der Waals surface area contributed by atoms with Crippen molar-refractivity contribution in [3.8, 4) is 11.8 Å². The second kappa shape index (κ2) is 11.5. The van der Waals surface area contributed by atoms with Crippen LogP contribution in [0.2, 0.25) is 0 Å². The molecule has 1 N–H and O–H groups in total. The van der Waals surface area contributed by atoms with Crippen molar-refractivity contribution in [3.05, 3.63) is 73.1 Å². The largest absolute Gasteiger partial charge is 0.424 e. The first-order valence-corrected chi connectivity index (χ1v) is 13.9. The zero-order valence-corrected chi connectivity index (χ0v) is 21.9. The van der Waals surface area contributed by atoms with Gasteiger partial charge in [-0.2, -0.15) is 9.97 Å². The summed E-state index contributed by atoms with van der Waals surface area (Å²) in [5.41, 5.74) is 3.69. The van der Waals surface area contributed by atoms with E-state index in [0.29, 0.717) is 17.9 Å². The lowest BCUT2D eigenvalue weighted by Crippen LogP contribution is -2.36. The second-order valence-corrected chi connectivity index (χ2v) is 10.3. The van der Waals surface area contributed by atoms with Gasteiger partial charge in [0.25, 0.3) is 0 Å². The molecule has 40 heavy (non-hydrogen) atoms. The van der Waals surface area contributed by atoms with Crippen LogP contribution in [-0.4, -0.2) is 45.8 Å². The van der Waals surface area contributed by atoms with Gasteiger partial charge < -0.3 is 24.3 Å². The van der Waals surface area contributed by atoms with Crippen LogP contribution >= 0.6 is 0 Å². The lowest BCUT2D eigenvalue weighted by molar-refractivity contribution is 0.122. The zero-order valence-electron chi connectivity index (χ0n) is 21.9. The van der Waals surface area contributed by atoms with Gasteiger partial charge in [0.2, 0.25) is 0 Å². The van der Waals surface area contributed by atoms with E-state index in [0.717, 1.165) is 72.5 Å². The molecule has 0 unspecified atom stereocenters. The van der Waals surface area contributed by atoms with E-state index in [1.165, 1.54) is 24.9 Å². The van der Waals surface area contributed by atoms with Crippen molar-refractivity contribution in [1.82, 2.24) is 19.5 Å². The Bertz CT molecular complexity index is 1580. The highest BCUT2D eigenvalue weighted by Crippen LogP contribution is 2.35. The number of hydrogen-bond acceptors (Lipinski definition) is 7. The van der Waals surface area contributed by atoms with Crippen LogP contribution in [0.1, 0.15) is 45.6 Å². The molecule has 0 atom stereocenters. The first-order chi connectivity index (χ1) is 19.3. The quantitative estimate of drug-likeness (QED) is 0.241. The van der Waals surface area contributed by atoms with Crippen LogP contribution in [0, 0.1) is 0 Å². The SMILES string of the molecule is C.c1ccc2c(Oc3nc(Nc4ccc(N5CCOCC5)cc4)c4ncn(C5CCCCC5)c4n3)cccc2c1. The molecule has 5 aromatic rings. The van der Waals surface area contributed by atoms with Crippen molar-refractivity contribution in [1.29, 1.82) is 0 Å². The van der Waals surface area contributed by atoms with Gasteiger partial charge >= 0.3 is 6.01 Å². The third-order valence-corrected chi connectivity index (χ3v) is 7.83. The van der Waals surface area contributed by atoms with E-state index in [9.17, 15) is 0 Å². The standard InChI is InChI=1S/C31H32N6O2.CH4/c1-2-9-25(10-3-1)37-21-32-28-29(33-23-13-15-24(16-14-23)36-17-19-38-20-18-36)34-31(35-30(28)37)39-27-12-6-8-22-7-4-5-11-26(22)27;/h4-8,11-16,21,25H,1-3,9-10,17-20H2,(H,33,34,35);1H4. The number of imidazole rings is 1. The normalized spacial score (nSPS) is 16.1. The average molecular weight is 537 g/mol. The minimum absolute atomic E-state index is 0. The molecule has 1 saturated heterocycles. The second-order valence-electron chi connectivity index (χ2n) is 10.3. The Kier molecular flexibility index (Phi) is 7.51. The topological polar surface area (TPSA) is 77.3 Å². The Morgan fingerprint density at radius 3 is 2.45 bits per heavy atom. The maximum absolute atomic E-state index is 6.37. The molecular weight excluding hydrogens is 500 g/mol. The van der Waals surface area contributed by atoms with E-state index in [2.05, 4.69) is 57.2 Å². The minimum atomic E-state index is 0. The summed E-state index contributed by atoms with van der Waals surface area (Å²) in [4.78, 5) is 16.8. The van der Waals surface area contributed by atoms with Crippen LogP contribution in [0.3, 0.4) is 0 Å². The molecule has 8 nitrogen and oxygen atoms in total. The number of nitrogens with zero attached hydrogens (tertiary/aromatic N) is 5. The van der Waals surface area contributed by atoms with E-state index in [4.69, 9.17) is 24.4 Å². The summed E-state index contributed by atoms with van der Waals surface area (Å²) in [5.74, 6) is 1.38. The Balaban J connectivity index is 0.00000289. The highest BCUT2D eigenvalue weighted by atomic mass is 16.5. The molecule has 3 aromatic carbocycles. The molecule has 206 valence electrons. The molecule has 0 spiro atoms. The Labute approximate surface area is 235 Å². The molecule has 0 bridgehead atoms. The number of nitrogens with one attached hydrogen (secondary N) is 1. The summed E-state index contributed by atoms with van der Waals surface area (Å²) in [6.07, 6.45) is 7.96. The van der Waals surface area contributed by atoms with Gasteiger partial charge in [0.15, 0.2) is 17.0 Å². The van der Waals surface area contributed by atoms with Crippen molar-refractivity contribution in [2.24, 2.45) is 0 Å². The number of morpholine rings is 1. The van der Waals surface area contributed by atoms with Gasteiger partial charge in [-0.3, -0.25) is 0 Å². The molecule has 3 heterocycles. The Morgan fingerprint density at radius 1 is 0.850 bits per heavy atom. The summed E-state index contributed by atoms with van der Waals surface area (Å²) in [6, 6.07) is 23.4. The molecule has 0 amide bonds. The fourth-order valence-corrected chi connectivity index (χ4v) is 5.75. The van der Waals surface area contributed by atoms with Crippen LogP contribution < -0.4 is 15.0 Å². The van der Waals surface area contributed by atoms with Gasteiger partial charge in [-0.25, -0.2) is 4.98 Å². The lowest BCUT2D eigenvalue weighted by Gasteiger charge is -2.28. The van der Waals surface area contributed by atoms with Crippen molar-refractivity contribution in [2.75, 3.05) is 36.5 Å². The van der Waals surface area contributed by atoms with E-state index in [-0.39, 0.29) is 7.43 Å². The molecule has 2 aromatic heterocycles. The molecule has 8 heteroatoms. The van der Waals surface area contributed by atoms with Gasteiger partial charge in [-0.1, -0.05) is 63.1 Å². The molecule has 0 radical (unpaired) electrons. The van der Waals surface area contributed by atoms with Crippen molar-refractivity contribution < 1.29 is 9.47 Å². The number of anilines is 3. The summed E-state index contributed by atoms with van der Waals surface area (Å²) in [7, 11) is 0. The smallest absolute Gasteiger partial charge is 0.326 e. The van der Waals surface area contributed by atoms with Gasteiger partial charge in [-0.15, -0.1) is 0 Å². The average Bonchev–Trinajstić information content (AvgIpc) is 3.43. The Hall–Kier alpha value is -4.17. The molecule has 2 aliphatic rings. The van der Waals surface area contributed by atoms with Gasteiger partial charge in [-0.05, 0) is 48.6 Å². The van der Waals surface area contributed by atoms with E-state index < -0.39 is 0 Å². The molecule has 1 aliphatic carbocycles. The molecule has 7 rings (SSSR count). The van der Waals surface area contributed by atoms with Crippen molar-refractivity contribution >= 4 is 39.1 Å². The Morgan fingerprint density at radius 2 is 1.62 bits per heavy atom. The fourth-order valence-electron chi connectivity index (χ4n) is 5.75. The summed E-state index contributed by atoms with van der Waals surface area (Å²) < 4.78 is 14.1. The minimum Gasteiger partial charge on any atom is -0.424 e. The zero-order chi connectivity index (χ0) is 26.0. The van der Waals surface area contributed by atoms with Crippen molar-refractivity contribution in [2.45, 2.75) is 45.6 Å². The number of rotatable bonds is 6. The van der Waals surface area contributed by atoms with Crippen LogP contribution in [0.25, 0.3) is 21.9 Å².